The zero-order valence-electron chi connectivity index (χ0n) is 19.8. The predicted molar refractivity (Wildman–Crippen MR) is 133 cm³/mol. The van der Waals surface area contributed by atoms with E-state index < -0.39 is 35.8 Å². The quantitative estimate of drug-likeness (QED) is 0.333. The molecule has 0 bridgehead atoms. The lowest BCUT2D eigenvalue weighted by molar-refractivity contribution is -0.137. The van der Waals surface area contributed by atoms with Crippen LogP contribution >= 0.6 is 23.2 Å². The first-order valence-electron chi connectivity index (χ1n) is 11.1. The highest BCUT2D eigenvalue weighted by Crippen LogP contribution is 2.32. The number of benzene rings is 2. The molecule has 0 aliphatic heterocycles. The summed E-state index contributed by atoms with van der Waals surface area (Å²) in [4.78, 5) is 24.6. The van der Waals surface area contributed by atoms with Crippen LogP contribution in [-0.4, -0.2) is 44.1 Å². The SMILES string of the molecule is CC(C)[C@@](C)(O)COc1cc(C(=O)N[C@@H](CC(=O)O)c2cccc(Cl)c2Cl)nn1-c1ccccc1F. The molecule has 0 aliphatic carbocycles. The third-order valence-corrected chi connectivity index (χ3v) is 6.62. The van der Waals surface area contributed by atoms with E-state index in [0.29, 0.717) is 5.56 Å². The van der Waals surface area contributed by atoms with Crippen molar-refractivity contribution in [2.24, 2.45) is 5.92 Å². The fraction of sp³-hybridized carbons (Fsp3) is 0.320. The second-order valence-corrected chi connectivity index (χ2v) is 9.58. The first-order valence-corrected chi connectivity index (χ1v) is 11.8. The third kappa shape index (κ3) is 6.34. The first kappa shape index (κ1) is 27.4. The number of nitrogens with zero attached hydrogens (tertiary/aromatic N) is 2. The molecule has 2 atom stereocenters. The van der Waals surface area contributed by atoms with Crippen LogP contribution in [0.1, 0.15) is 49.3 Å². The number of ether oxygens (including phenoxy) is 1. The maximum absolute atomic E-state index is 14.6. The van der Waals surface area contributed by atoms with Crippen LogP contribution in [0.4, 0.5) is 4.39 Å². The fourth-order valence-electron chi connectivity index (χ4n) is 3.20. The molecule has 2 aromatic carbocycles. The number of rotatable bonds is 10. The molecule has 0 aliphatic rings. The number of carboxylic acids is 1. The van der Waals surface area contributed by atoms with Gasteiger partial charge in [0.25, 0.3) is 5.91 Å². The summed E-state index contributed by atoms with van der Waals surface area (Å²) in [6, 6.07) is 10.7. The predicted octanol–water partition coefficient (Wildman–Crippen LogP) is 5.05. The Morgan fingerprint density at radius 1 is 1.19 bits per heavy atom. The number of aliphatic carboxylic acids is 1. The Bertz CT molecular complexity index is 1260. The molecule has 1 aromatic heterocycles. The topological polar surface area (TPSA) is 114 Å². The lowest BCUT2D eigenvalue weighted by Crippen LogP contribution is -2.38. The first-order chi connectivity index (χ1) is 16.9. The number of aliphatic hydroxyl groups is 1. The molecule has 3 rings (SSSR count). The van der Waals surface area contributed by atoms with Gasteiger partial charge in [0.1, 0.15) is 18.1 Å². The number of carbonyl (C=O) groups is 2. The molecular formula is C25H26Cl2FN3O5. The Hall–Kier alpha value is -3.14. The van der Waals surface area contributed by atoms with Crippen molar-refractivity contribution in [2.75, 3.05) is 6.61 Å². The van der Waals surface area contributed by atoms with E-state index in [0.717, 1.165) is 4.68 Å². The van der Waals surface area contributed by atoms with Gasteiger partial charge in [-0.3, -0.25) is 9.59 Å². The normalized spacial score (nSPS) is 13.8. The van der Waals surface area contributed by atoms with Crippen molar-refractivity contribution in [3.8, 4) is 11.6 Å². The summed E-state index contributed by atoms with van der Waals surface area (Å²) in [6.07, 6.45) is -0.472. The molecule has 0 spiro atoms. The number of carbonyl (C=O) groups excluding carboxylic acids is 1. The van der Waals surface area contributed by atoms with Gasteiger partial charge in [-0.2, -0.15) is 9.78 Å². The van der Waals surface area contributed by atoms with E-state index in [1.807, 2.05) is 13.8 Å². The second kappa shape index (κ2) is 11.3. The number of nitrogens with one attached hydrogen (secondary N) is 1. The molecule has 0 saturated carbocycles. The molecule has 8 nitrogen and oxygen atoms in total. The highest BCUT2D eigenvalue weighted by Gasteiger charge is 2.29. The maximum atomic E-state index is 14.6. The number of para-hydroxylation sites is 1. The van der Waals surface area contributed by atoms with E-state index in [1.54, 1.807) is 31.2 Å². The molecule has 3 N–H and O–H groups in total. The van der Waals surface area contributed by atoms with Gasteiger partial charge in [-0.15, -0.1) is 0 Å². The zero-order valence-corrected chi connectivity index (χ0v) is 21.3. The molecule has 36 heavy (non-hydrogen) atoms. The van der Waals surface area contributed by atoms with Crippen molar-refractivity contribution in [1.29, 1.82) is 0 Å². The maximum Gasteiger partial charge on any atom is 0.305 e. The van der Waals surface area contributed by atoms with Gasteiger partial charge < -0.3 is 20.3 Å². The molecule has 0 radical (unpaired) electrons. The van der Waals surface area contributed by atoms with Crippen LogP contribution in [0.3, 0.4) is 0 Å². The van der Waals surface area contributed by atoms with Crippen LogP contribution in [0, 0.1) is 11.7 Å². The van der Waals surface area contributed by atoms with E-state index in [1.165, 1.54) is 24.3 Å². The van der Waals surface area contributed by atoms with Crippen LogP contribution in [0.15, 0.2) is 48.5 Å². The molecule has 0 fully saturated rings. The summed E-state index contributed by atoms with van der Waals surface area (Å²) in [6.45, 7) is 5.09. The number of halogens is 3. The molecule has 0 saturated heterocycles. The van der Waals surface area contributed by atoms with Crippen LogP contribution in [0.5, 0.6) is 5.88 Å². The molecule has 1 heterocycles. The Labute approximate surface area is 217 Å². The summed E-state index contributed by atoms with van der Waals surface area (Å²) in [5.41, 5.74) is -1.03. The van der Waals surface area contributed by atoms with E-state index in [9.17, 15) is 24.2 Å². The third-order valence-electron chi connectivity index (χ3n) is 5.79. The Morgan fingerprint density at radius 3 is 2.53 bits per heavy atom. The average Bonchev–Trinajstić information content (AvgIpc) is 3.23. The van der Waals surface area contributed by atoms with Crippen molar-refractivity contribution < 1.29 is 28.9 Å². The minimum atomic E-state index is -1.21. The summed E-state index contributed by atoms with van der Waals surface area (Å²) in [5, 5.41) is 27.1. The van der Waals surface area contributed by atoms with Crippen molar-refractivity contribution >= 4 is 35.1 Å². The Balaban J connectivity index is 1.97. The summed E-state index contributed by atoms with van der Waals surface area (Å²) >= 11 is 12.3. The molecule has 0 unspecified atom stereocenters. The zero-order chi connectivity index (χ0) is 26.6. The van der Waals surface area contributed by atoms with Gasteiger partial charge in [-0.1, -0.05) is 61.3 Å². The molecule has 192 valence electrons. The van der Waals surface area contributed by atoms with Gasteiger partial charge in [-0.25, -0.2) is 4.39 Å². The van der Waals surface area contributed by atoms with Gasteiger partial charge in [0.2, 0.25) is 5.88 Å². The lowest BCUT2D eigenvalue weighted by atomic mass is 9.94. The van der Waals surface area contributed by atoms with Crippen LogP contribution in [0.25, 0.3) is 5.69 Å². The van der Waals surface area contributed by atoms with Gasteiger partial charge in [-0.05, 0) is 36.6 Å². The van der Waals surface area contributed by atoms with Crippen molar-refractivity contribution in [3.05, 3.63) is 75.7 Å². The van der Waals surface area contributed by atoms with Crippen LogP contribution in [-0.2, 0) is 4.79 Å². The standard InChI is InChI=1S/C25H26Cl2FN3O5/c1-14(2)25(3,35)13-36-21-11-19(30-31(21)20-10-5-4-9-17(20)28)24(34)29-18(12-22(32)33)15-7-6-8-16(26)23(15)27/h4-11,14,18,35H,12-13H2,1-3H3,(H,29,34)(H,32,33)/t18-,25-/m0/s1. The average molecular weight is 538 g/mol. The number of hydrogen-bond acceptors (Lipinski definition) is 5. The molecule has 11 heteroatoms. The smallest absolute Gasteiger partial charge is 0.305 e. The van der Waals surface area contributed by atoms with E-state index in [2.05, 4.69) is 10.4 Å². The largest absolute Gasteiger partial charge is 0.481 e. The molecule has 1 amide bonds. The highest BCUT2D eigenvalue weighted by molar-refractivity contribution is 6.42. The lowest BCUT2D eigenvalue weighted by Gasteiger charge is -2.27. The van der Waals surface area contributed by atoms with E-state index in [-0.39, 0.29) is 39.8 Å². The highest BCUT2D eigenvalue weighted by atomic mass is 35.5. The van der Waals surface area contributed by atoms with Crippen LogP contribution in [0.2, 0.25) is 10.0 Å². The van der Waals surface area contributed by atoms with E-state index >= 15 is 0 Å². The van der Waals surface area contributed by atoms with Crippen molar-refractivity contribution in [1.82, 2.24) is 15.1 Å². The Morgan fingerprint density at radius 2 is 1.89 bits per heavy atom. The summed E-state index contributed by atoms with van der Waals surface area (Å²) in [5.74, 6) is -2.66. The number of hydrogen-bond donors (Lipinski definition) is 3. The van der Waals surface area contributed by atoms with Gasteiger partial charge in [0, 0.05) is 6.07 Å². The monoisotopic (exact) mass is 537 g/mol. The summed E-state index contributed by atoms with van der Waals surface area (Å²) < 4.78 is 21.4. The van der Waals surface area contributed by atoms with E-state index in [4.69, 9.17) is 27.9 Å². The van der Waals surface area contributed by atoms with Gasteiger partial charge >= 0.3 is 5.97 Å². The Kier molecular flexibility index (Phi) is 8.60. The second-order valence-electron chi connectivity index (χ2n) is 8.80. The molecule has 3 aromatic rings. The van der Waals surface area contributed by atoms with Gasteiger partial charge in [0.15, 0.2) is 5.69 Å². The van der Waals surface area contributed by atoms with Crippen molar-refractivity contribution in [3.63, 3.8) is 0 Å². The van der Waals surface area contributed by atoms with Crippen molar-refractivity contribution in [2.45, 2.75) is 38.8 Å². The minimum absolute atomic E-state index is 0.0155. The number of amides is 1. The molecular weight excluding hydrogens is 512 g/mol. The summed E-state index contributed by atoms with van der Waals surface area (Å²) in [7, 11) is 0. The minimum Gasteiger partial charge on any atom is -0.481 e. The number of carboxylic acid groups (broad SMARTS) is 1. The van der Waals surface area contributed by atoms with Crippen LogP contribution < -0.4 is 10.1 Å². The van der Waals surface area contributed by atoms with Gasteiger partial charge in [0.05, 0.1) is 28.1 Å². The fourth-order valence-corrected chi connectivity index (χ4v) is 3.64. The number of aromatic nitrogens is 2.